The van der Waals surface area contributed by atoms with E-state index in [1.807, 2.05) is 27.7 Å². The van der Waals surface area contributed by atoms with Crippen molar-refractivity contribution in [2.24, 2.45) is 5.92 Å². The van der Waals surface area contributed by atoms with Crippen molar-refractivity contribution in [2.45, 2.75) is 39.5 Å². The lowest BCUT2D eigenvalue weighted by Gasteiger charge is -2.25. The summed E-state index contributed by atoms with van der Waals surface area (Å²) in [7, 11) is 1.66. The molecule has 0 aromatic carbocycles. The topological polar surface area (TPSA) is 81.9 Å². The Kier molecular flexibility index (Phi) is 5.45. The minimum absolute atomic E-state index is 0.127. The van der Waals surface area contributed by atoms with E-state index >= 15 is 0 Å². The van der Waals surface area contributed by atoms with Gasteiger partial charge in [-0.15, -0.1) is 10.2 Å². The molecule has 1 heterocycles. The number of rotatable bonds is 5. The molecule has 1 aromatic heterocycles. The Hall–Kier alpha value is -1.68. The summed E-state index contributed by atoms with van der Waals surface area (Å²) < 4.78 is 0. The van der Waals surface area contributed by atoms with Crippen LogP contribution in [0.1, 0.15) is 39.1 Å². The molecule has 0 saturated heterocycles. The number of carbonyl (C=O) groups excluding carboxylic acids is 1. The third-order valence-corrected chi connectivity index (χ3v) is 4.66. The van der Waals surface area contributed by atoms with Crippen LogP contribution in [0.25, 0.3) is 0 Å². The molecule has 110 valence electrons. The highest BCUT2D eigenvalue weighted by Crippen LogP contribution is 2.36. The predicted molar refractivity (Wildman–Crippen MR) is 79.8 cm³/mol. The minimum atomic E-state index is -0.374. The zero-order valence-electron chi connectivity index (χ0n) is 12.6. The summed E-state index contributed by atoms with van der Waals surface area (Å²) >= 11 is 1.35. The van der Waals surface area contributed by atoms with Crippen molar-refractivity contribution in [1.29, 1.82) is 5.26 Å². The molecule has 0 bridgehead atoms. The molecule has 20 heavy (non-hydrogen) atoms. The summed E-state index contributed by atoms with van der Waals surface area (Å²) in [5.74, 6) is -0.127. The minimum Gasteiger partial charge on any atom is -0.338 e. The van der Waals surface area contributed by atoms with Gasteiger partial charge in [0.05, 0.1) is 12.0 Å². The van der Waals surface area contributed by atoms with Crippen LogP contribution in [-0.4, -0.2) is 29.8 Å². The van der Waals surface area contributed by atoms with E-state index in [2.05, 4.69) is 21.6 Å². The Bertz CT molecular complexity index is 505. The van der Waals surface area contributed by atoms with E-state index in [1.165, 1.54) is 16.2 Å². The Labute approximate surface area is 123 Å². The van der Waals surface area contributed by atoms with Crippen LogP contribution in [0.2, 0.25) is 0 Å². The normalized spacial score (nSPS) is 12.6. The summed E-state index contributed by atoms with van der Waals surface area (Å²) in [6.07, 6.45) is 0.755. The van der Waals surface area contributed by atoms with E-state index in [9.17, 15) is 10.1 Å². The SMILES string of the molecule is CCNC(=O)N(C)c1nnc(C(C)(C)C(C#N)CC)s1. The second-order valence-electron chi connectivity index (χ2n) is 5.10. The lowest BCUT2D eigenvalue weighted by atomic mass is 9.79. The van der Waals surface area contributed by atoms with Crippen molar-refractivity contribution >= 4 is 22.5 Å². The summed E-state index contributed by atoms with van der Waals surface area (Å²) in [4.78, 5) is 13.2. The number of anilines is 1. The molecule has 0 radical (unpaired) electrons. The van der Waals surface area contributed by atoms with Gasteiger partial charge in [-0.3, -0.25) is 4.90 Å². The standard InChI is InChI=1S/C13H21N5OS/c1-6-9(8-14)13(3,4)10-16-17-12(20-10)18(5)11(19)15-7-2/h9H,6-7H2,1-5H3,(H,15,19). The maximum Gasteiger partial charge on any atom is 0.323 e. The van der Waals surface area contributed by atoms with Gasteiger partial charge in [-0.05, 0) is 13.3 Å². The Morgan fingerprint density at radius 3 is 2.65 bits per heavy atom. The highest BCUT2D eigenvalue weighted by atomic mass is 32.1. The third kappa shape index (κ3) is 3.25. The molecule has 0 aliphatic rings. The molecule has 1 atom stereocenters. The second-order valence-corrected chi connectivity index (χ2v) is 6.05. The Morgan fingerprint density at radius 1 is 1.50 bits per heavy atom. The highest BCUT2D eigenvalue weighted by Gasteiger charge is 2.34. The van der Waals surface area contributed by atoms with Gasteiger partial charge in [0.1, 0.15) is 5.01 Å². The van der Waals surface area contributed by atoms with Gasteiger partial charge in [-0.25, -0.2) is 4.79 Å². The number of nitrogens with zero attached hydrogens (tertiary/aromatic N) is 4. The van der Waals surface area contributed by atoms with Crippen molar-refractivity contribution in [3.63, 3.8) is 0 Å². The average Bonchev–Trinajstić information content (AvgIpc) is 2.89. The number of hydrogen-bond donors (Lipinski definition) is 1. The van der Waals surface area contributed by atoms with Crippen molar-refractivity contribution in [3.8, 4) is 6.07 Å². The van der Waals surface area contributed by atoms with Crippen molar-refractivity contribution in [2.75, 3.05) is 18.5 Å². The quantitative estimate of drug-likeness (QED) is 0.905. The number of aromatic nitrogens is 2. The Morgan fingerprint density at radius 2 is 2.15 bits per heavy atom. The van der Waals surface area contributed by atoms with Gasteiger partial charge in [0, 0.05) is 19.0 Å². The van der Waals surface area contributed by atoms with Crippen molar-refractivity contribution < 1.29 is 4.79 Å². The molecule has 2 amide bonds. The van der Waals surface area contributed by atoms with Crippen molar-refractivity contribution in [3.05, 3.63) is 5.01 Å². The van der Waals surface area contributed by atoms with Crippen LogP contribution in [0.4, 0.5) is 9.93 Å². The molecule has 6 nitrogen and oxygen atoms in total. The number of amides is 2. The van der Waals surface area contributed by atoms with Crippen LogP contribution in [-0.2, 0) is 5.41 Å². The van der Waals surface area contributed by atoms with Crippen LogP contribution in [0.15, 0.2) is 0 Å². The van der Waals surface area contributed by atoms with E-state index in [-0.39, 0.29) is 17.4 Å². The lowest BCUT2D eigenvalue weighted by Crippen LogP contribution is -2.37. The number of hydrogen-bond acceptors (Lipinski definition) is 5. The molecule has 1 N–H and O–H groups in total. The average molecular weight is 295 g/mol. The first-order valence-corrected chi connectivity index (χ1v) is 7.45. The molecular weight excluding hydrogens is 274 g/mol. The summed E-state index contributed by atoms with van der Waals surface area (Å²) in [5.41, 5.74) is -0.374. The van der Waals surface area contributed by atoms with Crippen LogP contribution < -0.4 is 10.2 Å². The number of urea groups is 1. The zero-order chi connectivity index (χ0) is 15.3. The first kappa shape index (κ1) is 16.4. The molecule has 0 aliphatic carbocycles. The van der Waals surface area contributed by atoms with Gasteiger partial charge in [0.15, 0.2) is 0 Å². The maximum atomic E-state index is 11.7. The van der Waals surface area contributed by atoms with Gasteiger partial charge in [-0.1, -0.05) is 32.1 Å². The van der Waals surface area contributed by atoms with E-state index < -0.39 is 0 Å². The van der Waals surface area contributed by atoms with Crippen LogP contribution in [0, 0.1) is 17.2 Å². The van der Waals surface area contributed by atoms with Gasteiger partial charge < -0.3 is 5.32 Å². The van der Waals surface area contributed by atoms with Gasteiger partial charge >= 0.3 is 6.03 Å². The first-order chi connectivity index (χ1) is 9.38. The fourth-order valence-electron chi connectivity index (χ4n) is 1.88. The van der Waals surface area contributed by atoms with Crippen molar-refractivity contribution in [1.82, 2.24) is 15.5 Å². The van der Waals surface area contributed by atoms with E-state index in [0.29, 0.717) is 11.7 Å². The zero-order valence-corrected chi connectivity index (χ0v) is 13.4. The largest absolute Gasteiger partial charge is 0.338 e. The van der Waals surface area contributed by atoms with E-state index in [4.69, 9.17) is 0 Å². The van der Waals surface area contributed by atoms with E-state index in [1.54, 1.807) is 7.05 Å². The summed E-state index contributed by atoms with van der Waals surface area (Å²) in [5, 5.41) is 21.5. The van der Waals surface area contributed by atoms with Crippen LogP contribution in [0.3, 0.4) is 0 Å². The lowest BCUT2D eigenvalue weighted by molar-refractivity contribution is 0.248. The van der Waals surface area contributed by atoms with Gasteiger partial charge in [0.2, 0.25) is 5.13 Å². The Balaban J connectivity index is 2.97. The molecule has 7 heteroatoms. The van der Waals surface area contributed by atoms with Crippen LogP contribution >= 0.6 is 11.3 Å². The third-order valence-electron chi connectivity index (χ3n) is 3.32. The molecule has 0 saturated carbocycles. The molecule has 1 rings (SSSR count). The molecule has 1 unspecified atom stereocenters. The van der Waals surface area contributed by atoms with Crippen LogP contribution in [0.5, 0.6) is 0 Å². The second kappa shape index (κ2) is 6.66. The predicted octanol–water partition coefficient (Wildman–Crippen LogP) is 2.53. The highest BCUT2D eigenvalue weighted by molar-refractivity contribution is 7.15. The summed E-state index contributed by atoms with van der Waals surface area (Å²) in [6.45, 7) is 8.38. The van der Waals surface area contributed by atoms with E-state index in [0.717, 1.165) is 11.4 Å². The molecule has 0 fully saturated rings. The summed E-state index contributed by atoms with van der Waals surface area (Å²) in [6, 6.07) is 2.11. The number of carbonyl (C=O) groups is 1. The smallest absolute Gasteiger partial charge is 0.323 e. The fourth-order valence-corrected chi connectivity index (χ4v) is 2.84. The first-order valence-electron chi connectivity index (χ1n) is 6.63. The molecule has 1 aromatic rings. The number of nitrogens with one attached hydrogen (secondary N) is 1. The van der Waals surface area contributed by atoms with Gasteiger partial charge in [0.25, 0.3) is 0 Å². The van der Waals surface area contributed by atoms with Gasteiger partial charge in [-0.2, -0.15) is 5.26 Å². The fraction of sp³-hybridized carbons (Fsp3) is 0.692. The molecular formula is C13H21N5OS. The molecule has 0 aliphatic heterocycles. The monoisotopic (exact) mass is 295 g/mol. The number of nitriles is 1. The maximum absolute atomic E-state index is 11.7. The molecule has 0 spiro atoms.